The first-order valence-corrected chi connectivity index (χ1v) is 8.33. The van der Waals surface area contributed by atoms with Crippen LogP contribution in [0, 0.1) is 11.5 Å². The molecular weight excluding hydrogens is 425 g/mol. The average molecular weight is 438 g/mol. The van der Waals surface area contributed by atoms with Crippen LogP contribution in [0.4, 0.5) is 23.2 Å². The van der Waals surface area contributed by atoms with E-state index in [1.807, 2.05) is 0 Å². The summed E-state index contributed by atoms with van der Waals surface area (Å²) < 4.78 is 51.9. The fourth-order valence-corrected chi connectivity index (χ4v) is 3.02. The van der Waals surface area contributed by atoms with Crippen molar-refractivity contribution in [2.75, 3.05) is 32.3 Å². The van der Waals surface area contributed by atoms with E-state index in [0.29, 0.717) is 12.1 Å². The molecule has 0 atom stereocenters. The van der Waals surface area contributed by atoms with Crippen molar-refractivity contribution in [1.29, 1.82) is 5.26 Å². The number of benzene rings is 1. The number of nitriles is 1. The maximum absolute atomic E-state index is 13.0. The molecule has 150 valence electrons. The van der Waals surface area contributed by atoms with Crippen LogP contribution in [0.2, 0.25) is 10.0 Å². The lowest BCUT2D eigenvalue weighted by Crippen LogP contribution is -2.34. The number of rotatable bonds is 5. The first kappa shape index (κ1) is 21.8. The zero-order valence-corrected chi connectivity index (χ0v) is 16.1. The van der Waals surface area contributed by atoms with E-state index >= 15 is 0 Å². The van der Waals surface area contributed by atoms with Gasteiger partial charge in [-0.05, 0) is 12.1 Å². The maximum atomic E-state index is 13.0. The van der Waals surface area contributed by atoms with Gasteiger partial charge in [0.2, 0.25) is 6.19 Å². The Morgan fingerprint density at radius 2 is 1.93 bits per heavy atom. The topological polar surface area (TPSA) is 62.9 Å². The van der Waals surface area contributed by atoms with Gasteiger partial charge in [0.05, 0.1) is 34.1 Å². The van der Waals surface area contributed by atoms with Crippen molar-refractivity contribution < 1.29 is 22.4 Å². The van der Waals surface area contributed by atoms with E-state index in [9.17, 15) is 27.6 Å². The fraction of sp³-hybridized carbons (Fsp3) is 0.312. The van der Waals surface area contributed by atoms with Crippen LogP contribution in [0.3, 0.4) is 0 Å². The summed E-state index contributed by atoms with van der Waals surface area (Å²) in [6, 6.07) is 1.28. The highest BCUT2D eigenvalue weighted by Gasteiger charge is 2.38. The van der Waals surface area contributed by atoms with Gasteiger partial charge >= 0.3 is 6.18 Å². The lowest BCUT2D eigenvalue weighted by molar-refractivity contribution is -0.137. The molecule has 28 heavy (non-hydrogen) atoms. The van der Waals surface area contributed by atoms with Crippen LogP contribution in [-0.2, 0) is 11.0 Å². The minimum atomic E-state index is -4.69. The molecule has 1 aliphatic heterocycles. The second-order valence-corrected chi connectivity index (χ2v) is 6.64. The summed E-state index contributed by atoms with van der Waals surface area (Å²) in [5.74, 6) is -1.09. The molecule has 0 bridgehead atoms. The van der Waals surface area contributed by atoms with Crippen molar-refractivity contribution in [2.24, 2.45) is 4.99 Å². The van der Waals surface area contributed by atoms with Crippen molar-refractivity contribution in [1.82, 2.24) is 9.91 Å². The predicted molar refractivity (Wildman–Crippen MR) is 96.4 cm³/mol. The quantitative estimate of drug-likeness (QED) is 0.302. The summed E-state index contributed by atoms with van der Waals surface area (Å²) in [6.45, 7) is -1.68. The zero-order chi connectivity index (χ0) is 21.2. The number of hydrazine groups is 1. The van der Waals surface area contributed by atoms with Gasteiger partial charge in [0.1, 0.15) is 5.69 Å². The number of ketones is 1. The standard InChI is InChI=1S/C16H13Cl2F4N5O/c1-25(2)8-24-15-10(13(28)5-19)6-26(7-23)27(15)14-11(17)3-9(4-12(14)18)16(20,21)22/h3-4,8H,5-6H2,1-2H3. The van der Waals surface area contributed by atoms with E-state index in [4.69, 9.17) is 23.2 Å². The van der Waals surface area contributed by atoms with Crippen LogP contribution in [0.5, 0.6) is 0 Å². The normalized spacial score (nSPS) is 14.8. The molecule has 0 radical (unpaired) electrons. The van der Waals surface area contributed by atoms with Crippen LogP contribution in [-0.4, -0.2) is 49.3 Å². The number of carbonyl (C=O) groups is 1. The van der Waals surface area contributed by atoms with Gasteiger partial charge in [-0.1, -0.05) is 23.2 Å². The van der Waals surface area contributed by atoms with E-state index in [-0.39, 0.29) is 23.6 Å². The molecule has 0 unspecified atom stereocenters. The van der Waals surface area contributed by atoms with Gasteiger partial charge in [-0.25, -0.2) is 19.4 Å². The monoisotopic (exact) mass is 437 g/mol. The largest absolute Gasteiger partial charge is 0.416 e. The molecule has 0 aliphatic carbocycles. The summed E-state index contributed by atoms with van der Waals surface area (Å²) in [5, 5.41) is 10.4. The van der Waals surface area contributed by atoms with Gasteiger partial charge in [-0.3, -0.25) is 4.79 Å². The number of carbonyl (C=O) groups excluding carboxylic acids is 1. The molecule has 0 saturated heterocycles. The first-order chi connectivity index (χ1) is 13.0. The van der Waals surface area contributed by atoms with Gasteiger partial charge in [0, 0.05) is 14.1 Å². The molecule has 2 rings (SSSR count). The van der Waals surface area contributed by atoms with Crippen molar-refractivity contribution in [3.8, 4) is 6.19 Å². The van der Waals surface area contributed by atoms with Crippen LogP contribution in [0.25, 0.3) is 0 Å². The van der Waals surface area contributed by atoms with E-state index in [2.05, 4.69) is 4.99 Å². The summed E-state index contributed by atoms with van der Waals surface area (Å²) in [6.07, 6.45) is -1.66. The van der Waals surface area contributed by atoms with Gasteiger partial charge in [0.15, 0.2) is 18.3 Å². The number of nitrogens with zero attached hydrogens (tertiary/aromatic N) is 5. The first-order valence-electron chi connectivity index (χ1n) is 7.57. The Labute approximate surface area is 167 Å². The highest BCUT2D eigenvalue weighted by molar-refractivity contribution is 6.39. The molecule has 0 fully saturated rings. The third kappa shape index (κ3) is 4.31. The molecule has 12 heteroatoms. The van der Waals surface area contributed by atoms with Gasteiger partial charge in [-0.2, -0.15) is 18.4 Å². The summed E-state index contributed by atoms with van der Waals surface area (Å²) in [7, 11) is 3.25. The molecule has 6 nitrogen and oxygen atoms in total. The summed E-state index contributed by atoms with van der Waals surface area (Å²) >= 11 is 12.1. The van der Waals surface area contributed by atoms with Crippen LogP contribution < -0.4 is 5.01 Å². The van der Waals surface area contributed by atoms with Crippen molar-refractivity contribution in [3.63, 3.8) is 0 Å². The summed E-state index contributed by atoms with van der Waals surface area (Å²) in [4.78, 5) is 17.5. The minimum absolute atomic E-state index is 0.144. The number of alkyl halides is 4. The van der Waals surface area contributed by atoms with E-state index < -0.39 is 34.2 Å². The highest BCUT2D eigenvalue weighted by atomic mass is 35.5. The molecule has 0 saturated carbocycles. The lowest BCUT2D eigenvalue weighted by Gasteiger charge is -2.28. The maximum Gasteiger partial charge on any atom is 0.416 e. The average Bonchev–Trinajstić information content (AvgIpc) is 2.96. The predicted octanol–water partition coefficient (Wildman–Crippen LogP) is 3.87. The van der Waals surface area contributed by atoms with Gasteiger partial charge in [0.25, 0.3) is 0 Å². The molecule has 1 aliphatic rings. The molecular formula is C16H13Cl2F4N5O. The van der Waals surface area contributed by atoms with Crippen LogP contribution in [0.1, 0.15) is 5.56 Å². The number of Topliss-reactive ketones (excluding diaryl/α,β-unsaturated/α-hetero) is 1. The lowest BCUT2D eigenvalue weighted by atomic mass is 10.1. The van der Waals surface area contributed by atoms with E-state index in [1.54, 1.807) is 20.3 Å². The van der Waals surface area contributed by atoms with Gasteiger partial charge in [-0.15, -0.1) is 0 Å². The third-order valence-electron chi connectivity index (χ3n) is 3.56. The Morgan fingerprint density at radius 3 is 2.36 bits per heavy atom. The number of aliphatic imine (C=N–C) groups is 1. The Kier molecular flexibility index (Phi) is 6.41. The molecule has 0 spiro atoms. The minimum Gasteiger partial charge on any atom is -0.369 e. The van der Waals surface area contributed by atoms with Crippen molar-refractivity contribution in [2.45, 2.75) is 6.18 Å². The van der Waals surface area contributed by atoms with Gasteiger partial charge < -0.3 is 4.90 Å². The fourth-order valence-electron chi connectivity index (χ4n) is 2.37. The Bertz CT molecular complexity index is 869. The smallest absolute Gasteiger partial charge is 0.369 e. The van der Waals surface area contributed by atoms with Crippen LogP contribution >= 0.6 is 23.2 Å². The zero-order valence-electron chi connectivity index (χ0n) is 14.6. The second-order valence-electron chi connectivity index (χ2n) is 5.82. The van der Waals surface area contributed by atoms with E-state index in [0.717, 1.165) is 10.0 Å². The third-order valence-corrected chi connectivity index (χ3v) is 4.14. The van der Waals surface area contributed by atoms with Crippen LogP contribution in [0.15, 0.2) is 28.5 Å². The van der Waals surface area contributed by atoms with Crippen molar-refractivity contribution >= 4 is 41.0 Å². The molecule has 1 heterocycles. The van der Waals surface area contributed by atoms with E-state index in [1.165, 1.54) is 11.2 Å². The summed E-state index contributed by atoms with van der Waals surface area (Å²) in [5.41, 5.74) is -1.42. The Hall–Kier alpha value is -2.51. The molecule has 0 amide bonds. The number of hydrogen-bond acceptors (Lipinski definition) is 5. The Morgan fingerprint density at radius 1 is 1.36 bits per heavy atom. The molecule has 0 N–H and O–H groups in total. The van der Waals surface area contributed by atoms with Crippen molar-refractivity contribution in [3.05, 3.63) is 39.1 Å². The molecule has 0 aromatic heterocycles. The number of hydrogen-bond donors (Lipinski definition) is 0. The number of halogens is 6. The molecule has 1 aromatic carbocycles. The molecule has 1 aromatic rings. The highest BCUT2D eigenvalue weighted by Crippen LogP contribution is 2.44. The number of anilines is 1. The SMILES string of the molecule is CN(C)C=NC1=C(C(=O)CF)CN(C#N)N1c1c(Cl)cc(C(F)(F)F)cc1Cl. The Balaban J connectivity index is 2.71. The second kappa shape index (κ2) is 8.24.